The quantitative estimate of drug-likeness (QED) is 0.836. The largest absolute Gasteiger partial charge is 0.370 e. The second-order valence-corrected chi connectivity index (χ2v) is 6.41. The SMILES string of the molecule is CCCNc1cccc(CN2CCN(CC(C)C)CC2)n1. The zero-order valence-electron chi connectivity index (χ0n) is 13.8. The van der Waals surface area contributed by atoms with Gasteiger partial charge < -0.3 is 10.2 Å². The lowest BCUT2D eigenvalue weighted by Crippen LogP contribution is -2.46. The molecule has 1 saturated heterocycles. The van der Waals surface area contributed by atoms with Crippen molar-refractivity contribution >= 4 is 5.82 Å². The molecule has 0 saturated carbocycles. The molecule has 0 radical (unpaired) electrons. The normalized spacial score (nSPS) is 17.3. The maximum Gasteiger partial charge on any atom is 0.126 e. The van der Waals surface area contributed by atoms with Crippen molar-refractivity contribution in [3.8, 4) is 0 Å². The lowest BCUT2D eigenvalue weighted by atomic mass is 10.2. The number of aromatic nitrogens is 1. The number of anilines is 1. The molecule has 1 aliphatic rings. The zero-order valence-corrected chi connectivity index (χ0v) is 13.8. The molecule has 0 bridgehead atoms. The summed E-state index contributed by atoms with van der Waals surface area (Å²) in [6, 6.07) is 6.30. The van der Waals surface area contributed by atoms with Gasteiger partial charge in [0.2, 0.25) is 0 Å². The molecule has 2 heterocycles. The highest BCUT2D eigenvalue weighted by Crippen LogP contribution is 2.11. The summed E-state index contributed by atoms with van der Waals surface area (Å²) < 4.78 is 0. The third-order valence-corrected chi connectivity index (χ3v) is 3.84. The predicted molar refractivity (Wildman–Crippen MR) is 89.6 cm³/mol. The first-order chi connectivity index (χ1) is 10.2. The van der Waals surface area contributed by atoms with Crippen LogP contribution in [0.3, 0.4) is 0 Å². The molecule has 1 aliphatic heterocycles. The van der Waals surface area contributed by atoms with Gasteiger partial charge in [0.1, 0.15) is 5.82 Å². The summed E-state index contributed by atoms with van der Waals surface area (Å²) in [5.41, 5.74) is 1.17. The Morgan fingerprint density at radius 1 is 1.14 bits per heavy atom. The van der Waals surface area contributed by atoms with Gasteiger partial charge in [-0.1, -0.05) is 26.8 Å². The van der Waals surface area contributed by atoms with E-state index in [2.05, 4.69) is 54.1 Å². The first-order valence-corrected chi connectivity index (χ1v) is 8.32. The van der Waals surface area contributed by atoms with Crippen molar-refractivity contribution in [1.82, 2.24) is 14.8 Å². The molecule has 0 aromatic carbocycles. The van der Waals surface area contributed by atoms with E-state index in [4.69, 9.17) is 4.98 Å². The van der Waals surface area contributed by atoms with Crippen molar-refractivity contribution in [3.63, 3.8) is 0 Å². The van der Waals surface area contributed by atoms with Gasteiger partial charge in [0.15, 0.2) is 0 Å². The molecule has 4 heteroatoms. The fourth-order valence-corrected chi connectivity index (χ4v) is 2.79. The van der Waals surface area contributed by atoms with Gasteiger partial charge in [0, 0.05) is 45.8 Å². The summed E-state index contributed by atoms with van der Waals surface area (Å²) in [6.45, 7) is 14.6. The van der Waals surface area contributed by atoms with Gasteiger partial charge in [-0.15, -0.1) is 0 Å². The Balaban J connectivity index is 1.80. The topological polar surface area (TPSA) is 31.4 Å². The van der Waals surface area contributed by atoms with Crippen LogP contribution in [-0.4, -0.2) is 54.1 Å². The van der Waals surface area contributed by atoms with Crippen LogP contribution in [0.5, 0.6) is 0 Å². The minimum Gasteiger partial charge on any atom is -0.370 e. The van der Waals surface area contributed by atoms with Crippen LogP contribution in [0.4, 0.5) is 5.82 Å². The summed E-state index contributed by atoms with van der Waals surface area (Å²) in [6.07, 6.45) is 1.13. The molecule has 0 unspecified atom stereocenters. The van der Waals surface area contributed by atoms with Crippen LogP contribution in [0.1, 0.15) is 32.9 Å². The van der Waals surface area contributed by atoms with Crippen LogP contribution in [0.2, 0.25) is 0 Å². The van der Waals surface area contributed by atoms with Gasteiger partial charge in [0.05, 0.1) is 5.69 Å². The third-order valence-electron chi connectivity index (χ3n) is 3.84. The standard InChI is InChI=1S/C17H30N4/c1-4-8-18-17-7-5-6-16(19-17)14-21-11-9-20(10-12-21)13-15(2)3/h5-7,15H,4,8-14H2,1-3H3,(H,18,19). The smallest absolute Gasteiger partial charge is 0.126 e. The van der Waals surface area contributed by atoms with Crippen LogP contribution < -0.4 is 5.32 Å². The Kier molecular flexibility index (Phi) is 6.46. The molecule has 118 valence electrons. The summed E-state index contributed by atoms with van der Waals surface area (Å²) >= 11 is 0. The summed E-state index contributed by atoms with van der Waals surface area (Å²) in [5.74, 6) is 1.77. The van der Waals surface area contributed by atoms with E-state index in [1.54, 1.807) is 0 Å². The number of rotatable bonds is 7. The van der Waals surface area contributed by atoms with E-state index in [1.807, 2.05) is 0 Å². The number of nitrogens with one attached hydrogen (secondary N) is 1. The Bertz CT molecular complexity index is 411. The van der Waals surface area contributed by atoms with Crippen molar-refractivity contribution in [2.75, 3.05) is 44.6 Å². The van der Waals surface area contributed by atoms with Crippen LogP contribution in [0, 0.1) is 5.92 Å². The molecule has 21 heavy (non-hydrogen) atoms. The zero-order chi connectivity index (χ0) is 15.1. The van der Waals surface area contributed by atoms with Crippen molar-refractivity contribution in [2.45, 2.75) is 33.7 Å². The van der Waals surface area contributed by atoms with E-state index in [1.165, 1.54) is 25.3 Å². The Morgan fingerprint density at radius 3 is 2.52 bits per heavy atom. The van der Waals surface area contributed by atoms with Crippen LogP contribution >= 0.6 is 0 Å². The first-order valence-electron chi connectivity index (χ1n) is 8.32. The molecule has 0 aliphatic carbocycles. The van der Waals surface area contributed by atoms with Crippen LogP contribution in [0.25, 0.3) is 0 Å². The molecule has 0 atom stereocenters. The highest BCUT2D eigenvalue weighted by Gasteiger charge is 2.17. The van der Waals surface area contributed by atoms with Crippen molar-refractivity contribution in [3.05, 3.63) is 23.9 Å². The number of hydrogen-bond acceptors (Lipinski definition) is 4. The second-order valence-electron chi connectivity index (χ2n) is 6.41. The number of pyridine rings is 1. The molecular formula is C17H30N4. The summed E-state index contributed by atoms with van der Waals surface area (Å²) in [7, 11) is 0. The average Bonchev–Trinajstić information content (AvgIpc) is 2.47. The molecule has 1 N–H and O–H groups in total. The van der Waals surface area contributed by atoms with Crippen molar-refractivity contribution < 1.29 is 0 Å². The van der Waals surface area contributed by atoms with Gasteiger partial charge >= 0.3 is 0 Å². The predicted octanol–water partition coefficient (Wildman–Crippen LogP) is 2.68. The van der Waals surface area contributed by atoms with Crippen LogP contribution in [-0.2, 0) is 6.54 Å². The molecule has 2 rings (SSSR count). The lowest BCUT2D eigenvalue weighted by molar-refractivity contribution is 0.116. The lowest BCUT2D eigenvalue weighted by Gasteiger charge is -2.35. The maximum atomic E-state index is 4.71. The minimum atomic E-state index is 0.763. The number of hydrogen-bond donors (Lipinski definition) is 1. The van der Waals surface area contributed by atoms with Crippen LogP contribution in [0.15, 0.2) is 18.2 Å². The fraction of sp³-hybridized carbons (Fsp3) is 0.706. The van der Waals surface area contributed by atoms with E-state index in [0.717, 1.165) is 44.3 Å². The maximum absolute atomic E-state index is 4.71. The van der Waals surface area contributed by atoms with E-state index in [0.29, 0.717) is 0 Å². The van der Waals surface area contributed by atoms with Gasteiger partial charge in [-0.25, -0.2) is 4.98 Å². The molecule has 1 aromatic rings. The Labute approximate surface area is 129 Å². The Hall–Kier alpha value is -1.13. The highest BCUT2D eigenvalue weighted by molar-refractivity contribution is 5.35. The van der Waals surface area contributed by atoms with E-state index >= 15 is 0 Å². The van der Waals surface area contributed by atoms with Gasteiger partial charge in [-0.05, 0) is 24.5 Å². The molecule has 0 amide bonds. The van der Waals surface area contributed by atoms with Crippen molar-refractivity contribution in [2.24, 2.45) is 5.92 Å². The molecule has 0 spiro atoms. The Morgan fingerprint density at radius 2 is 1.86 bits per heavy atom. The van der Waals surface area contributed by atoms with E-state index in [-0.39, 0.29) is 0 Å². The van der Waals surface area contributed by atoms with E-state index < -0.39 is 0 Å². The van der Waals surface area contributed by atoms with Gasteiger partial charge in [0.25, 0.3) is 0 Å². The molecule has 1 aromatic heterocycles. The van der Waals surface area contributed by atoms with Crippen molar-refractivity contribution in [1.29, 1.82) is 0 Å². The molecule has 4 nitrogen and oxygen atoms in total. The second kappa shape index (κ2) is 8.35. The number of piperazine rings is 1. The summed E-state index contributed by atoms with van der Waals surface area (Å²) in [4.78, 5) is 9.80. The van der Waals surface area contributed by atoms with Gasteiger partial charge in [-0.3, -0.25) is 4.90 Å². The molecule has 1 fully saturated rings. The van der Waals surface area contributed by atoms with E-state index in [9.17, 15) is 0 Å². The monoisotopic (exact) mass is 290 g/mol. The average molecular weight is 290 g/mol. The first kappa shape index (κ1) is 16.2. The molecular weight excluding hydrogens is 260 g/mol. The third kappa shape index (κ3) is 5.64. The highest BCUT2D eigenvalue weighted by atomic mass is 15.3. The fourth-order valence-electron chi connectivity index (χ4n) is 2.79. The van der Waals surface area contributed by atoms with Gasteiger partial charge in [-0.2, -0.15) is 0 Å². The summed E-state index contributed by atoms with van der Waals surface area (Å²) in [5, 5.41) is 3.36. The number of nitrogens with zero attached hydrogens (tertiary/aromatic N) is 3. The minimum absolute atomic E-state index is 0.763.